The second-order valence-electron chi connectivity index (χ2n) is 6.45. The van der Waals surface area contributed by atoms with Crippen LogP contribution in [0.3, 0.4) is 0 Å². The molecule has 2 atom stereocenters. The van der Waals surface area contributed by atoms with Crippen molar-refractivity contribution in [3.05, 3.63) is 40.2 Å². The molecule has 0 aliphatic carbocycles. The highest BCUT2D eigenvalue weighted by atomic mass is 32.1. The van der Waals surface area contributed by atoms with Crippen LogP contribution in [0.1, 0.15) is 30.1 Å². The zero-order chi connectivity index (χ0) is 21.8. The molecule has 3 rings (SSSR count). The molecule has 0 unspecified atom stereocenters. The van der Waals surface area contributed by atoms with Crippen LogP contribution in [0.5, 0.6) is 5.75 Å². The van der Waals surface area contributed by atoms with Gasteiger partial charge in [-0.2, -0.15) is 5.10 Å². The Labute approximate surface area is 176 Å². The Morgan fingerprint density at radius 1 is 1.30 bits per heavy atom. The molecule has 0 spiro atoms. The fraction of sp³-hybridized carbons (Fsp3) is 0.389. The quantitative estimate of drug-likeness (QED) is 0.546. The molecule has 2 N–H and O–H groups in total. The summed E-state index contributed by atoms with van der Waals surface area (Å²) in [7, 11) is 2.93. The van der Waals surface area contributed by atoms with E-state index >= 15 is 0 Å². The number of anilines is 2. The monoisotopic (exact) mass is 434 g/mol. The van der Waals surface area contributed by atoms with E-state index in [9.17, 15) is 9.59 Å². The van der Waals surface area contributed by atoms with Crippen molar-refractivity contribution in [3.63, 3.8) is 0 Å². The van der Waals surface area contributed by atoms with Gasteiger partial charge in [-0.25, -0.2) is 9.48 Å². The van der Waals surface area contributed by atoms with Crippen LogP contribution in [0.25, 0.3) is 5.13 Å². The third kappa shape index (κ3) is 4.49. The van der Waals surface area contributed by atoms with Gasteiger partial charge < -0.3 is 19.2 Å². The number of aryl methyl sites for hydroxylation is 1. The lowest BCUT2D eigenvalue weighted by molar-refractivity contribution is 0.0991. The van der Waals surface area contributed by atoms with E-state index in [1.807, 2.05) is 26.8 Å². The summed E-state index contributed by atoms with van der Waals surface area (Å²) in [5.41, 5.74) is 0.413. The van der Waals surface area contributed by atoms with Crippen LogP contribution in [-0.2, 0) is 4.74 Å². The Balaban J connectivity index is 1.83. The average Bonchev–Trinajstić information content (AvgIpc) is 3.35. The van der Waals surface area contributed by atoms with Crippen LogP contribution in [0.15, 0.2) is 27.5 Å². The summed E-state index contributed by atoms with van der Waals surface area (Å²) in [6.07, 6.45) is 1.49. The van der Waals surface area contributed by atoms with Crippen LogP contribution in [0.2, 0.25) is 0 Å². The maximum Gasteiger partial charge on any atom is 0.381 e. The van der Waals surface area contributed by atoms with E-state index < -0.39 is 11.5 Å². The predicted molar refractivity (Wildman–Crippen MR) is 111 cm³/mol. The molecule has 3 aromatic rings. The highest BCUT2D eigenvalue weighted by Crippen LogP contribution is 2.25. The Hall–Kier alpha value is -3.25. The summed E-state index contributed by atoms with van der Waals surface area (Å²) in [6.45, 7) is 5.62. The van der Waals surface area contributed by atoms with Gasteiger partial charge in [0.25, 0.3) is 5.91 Å². The van der Waals surface area contributed by atoms with Gasteiger partial charge in [0.05, 0.1) is 18.9 Å². The summed E-state index contributed by atoms with van der Waals surface area (Å²) in [4.78, 5) is 24.9. The van der Waals surface area contributed by atoms with Crippen molar-refractivity contribution < 1.29 is 18.7 Å². The summed E-state index contributed by atoms with van der Waals surface area (Å²) in [5.74, 6) is -0.883. The number of carbonyl (C=O) groups excluding carboxylic acids is 1. The van der Waals surface area contributed by atoms with Crippen molar-refractivity contribution in [2.45, 2.75) is 32.9 Å². The number of nitrogens with one attached hydrogen (secondary N) is 2. The molecule has 0 bridgehead atoms. The van der Waals surface area contributed by atoms with E-state index in [4.69, 9.17) is 13.9 Å². The number of aromatic nitrogens is 4. The maximum absolute atomic E-state index is 12.6. The summed E-state index contributed by atoms with van der Waals surface area (Å²) in [6, 6.07) is 3.06. The average molecular weight is 434 g/mol. The Morgan fingerprint density at radius 3 is 2.70 bits per heavy atom. The molecule has 160 valence electrons. The summed E-state index contributed by atoms with van der Waals surface area (Å²) >= 11 is 1.13. The zero-order valence-corrected chi connectivity index (χ0v) is 17.9. The molecular weight excluding hydrogens is 412 g/mol. The molecule has 0 aliphatic rings. The molecule has 11 nitrogen and oxygen atoms in total. The minimum atomic E-state index is -0.782. The second-order valence-corrected chi connectivity index (χ2v) is 7.40. The molecule has 12 heteroatoms. The largest absolute Gasteiger partial charge is 0.488 e. The third-order valence-corrected chi connectivity index (χ3v) is 5.26. The number of nitrogens with zero attached hydrogens (tertiary/aromatic N) is 4. The normalized spacial score (nSPS) is 13.0. The van der Waals surface area contributed by atoms with Crippen LogP contribution in [-0.4, -0.2) is 52.3 Å². The van der Waals surface area contributed by atoms with Crippen molar-refractivity contribution in [1.82, 2.24) is 20.0 Å². The van der Waals surface area contributed by atoms with Crippen molar-refractivity contribution in [2.24, 2.45) is 0 Å². The van der Waals surface area contributed by atoms with Crippen molar-refractivity contribution >= 4 is 28.1 Å². The van der Waals surface area contributed by atoms with Crippen LogP contribution >= 0.6 is 11.3 Å². The Bertz CT molecular complexity index is 1090. The predicted octanol–water partition coefficient (Wildman–Crippen LogP) is 2.08. The number of ether oxygens (including phenoxy) is 2. The standard InChI is InChI=1S/C18H22N6O5S/c1-9-6-7-19-24(9)18-23-22-17(30-18)21-15(25)13-8-12(14(28-5)16(26)29-13)20-10(2)11(3)27-4/h6-8,10-11,20H,1-5H3,(H,21,22,25)/t10-,11-/m0/s1. The molecule has 0 saturated heterocycles. The first-order valence-corrected chi connectivity index (χ1v) is 9.83. The smallest absolute Gasteiger partial charge is 0.381 e. The molecule has 1 amide bonds. The SMILES string of the molecule is COc1c(N[C@@H](C)[C@H](C)OC)cc(C(=O)Nc2nnc(-n3nccc3C)s2)oc1=O. The molecule has 0 aromatic carbocycles. The number of carbonyl (C=O) groups is 1. The van der Waals surface area contributed by atoms with Gasteiger partial charge in [0.15, 0.2) is 5.76 Å². The minimum Gasteiger partial charge on any atom is -0.488 e. The third-order valence-electron chi connectivity index (χ3n) is 4.44. The van der Waals surface area contributed by atoms with Gasteiger partial charge in [-0.05, 0) is 26.8 Å². The first-order chi connectivity index (χ1) is 14.3. The number of amides is 1. The molecule has 3 aromatic heterocycles. The van der Waals surface area contributed by atoms with Crippen molar-refractivity contribution in [1.29, 1.82) is 0 Å². The van der Waals surface area contributed by atoms with Crippen molar-refractivity contribution in [3.8, 4) is 10.9 Å². The van der Waals surface area contributed by atoms with Gasteiger partial charge in [0.1, 0.15) is 0 Å². The van der Waals surface area contributed by atoms with E-state index in [-0.39, 0.29) is 28.8 Å². The molecule has 0 radical (unpaired) electrons. The number of hydrogen-bond acceptors (Lipinski definition) is 10. The molecule has 3 heterocycles. The fourth-order valence-electron chi connectivity index (χ4n) is 2.54. The van der Waals surface area contributed by atoms with Gasteiger partial charge in [0, 0.05) is 31.1 Å². The lowest BCUT2D eigenvalue weighted by Crippen LogP contribution is -2.30. The lowest BCUT2D eigenvalue weighted by atomic mass is 10.2. The van der Waals surface area contributed by atoms with Crippen molar-refractivity contribution in [2.75, 3.05) is 24.9 Å². The van der Waals surface area contributed by atoms with Gasteiger partial charge >= 0.3 is 5.63 Å². The lowest BCUT2D eigenvalue weighted by Gasteiger charge is -2.22. The molecule has 0 fully saturated rings. The first-order valence-electron chi connectivity index (χ1n) is 9.01. The van der Waals surface area contributed by atoms with E-state index in [0.29, 0.717) is 10.8 Å². The molecular formula is C18H22N6O5S. The van der Waals surface area contributed by atoms with Crippen LogP contribution in [0.4, 0.5) is 10.8 Å². The van der Waals surface area contributed by atoms with Gasteiger partial charge in [-0.15, -0.1) is 10.2 Å². The topological polar surface area (TPSA) is 133 Å². The highest BCUT2D eigenvalue weighted by Gasteiger charge is 2.21. The maximum atomic E-state index is 12.6. The van der Waals surface area contributed by atoms with Crippen LogP contribution in [0, 0.1) is 6.92 Å². The van der Waals surface area contributed by atoms with Gasteiger partial charge in [-0.3, -0.25) is 10.1 Å². The van der Waals surface area contributed by atoms with E-state index in [1.54, 1.807) is 18.0 Å². The van der Waals surface area contributed by atoms with E-state index in [1.165, 1.54) is 13.2 Å². The number of rotatable bonds is 8. The highest BCUT2D eigenvalue weighted by molar-refractivity contribution is 7.17. The van der Waals surface area contributed by atoms with Crippen LogP contribution < -0.4 is 21.0 Å². The fourth-order valence-corrected chi connectivity index (χ4v) is 3.30. The summed E-state index contributed by atoms with van der Waals surface area (Å²) in [5, 5.41) is 18.5. The molecule has 30 heavy (non-hydrogen) atoms. The first kappa shape index (κ1) is 21.5. The molecule has 0 saturated carbocycles. The minimum absolute atomic E-state index is 0.0333. The number of methoxy groups -OCH3 is 2. The van der Waals surface area contributed by atoms with Gasteiger partial charge in [0.2, 0.25) is 16.0 Å². The van der Waals surface area contributed by atoms with E-state index in [2.05, 4.69) is 25.9 Å². The van der Waals surface area contributed by atoms with E-state index in [0.717, 1.165) is 17.0 Å². The number of hydrogen-bond donors (Lipinski definition) is 2. The second kappa shape index (κ2) is 9.05. The Morgan fingerprint density at radius 2 is 2.07 bits per heavy atom. The summed E-state index contributed by atoms with van der Waals surface area (Å²) < 4.78 is 17.1. The van der Waals surface area contributed by atoms with Gasteiger partial charge in [-0.1, -0.05) is 11.3 Å². The molecule has 0 aliphatic heterocycles. The Kier molecular flexibility index (Phi) is 6.47. The zero-order valence-electron chi connectivity index (χ0n) is 17.1.